The van der Waals surface area contributed by atoms with Gasteiger partial charge in [0.25, 0.3) is 0 Å². The average Bonchev–Trinajstić information content (AvgIpc) is 2.82. The largest absolute Gasteiger partial charge is 0.462 e. The third-order valence-corrected chi connectivity index (χ3v) is 5.78. The molecule has 1 aliphatic rings. The Morgan fingerprint density at radius 2 is 2.04 bits per heavy atom. The number of fused-ring (bicyclic) bond motifs is 1. The number of ether oxygens (including phenoxy) is 1. The maximum atomic E-state index is 12.5. The van der Waals surface area contributed by atoms with Crippen LogP contribution in [0.2, 0.25) is 0 Å². The Hall–Kier alpha value is -1.99. The zero-order valence-electron chi connectivity index (χ0n) is 14.8. The van der Waals surface area contributed by atoms with Crippen molar-refractivity contribution < 1.29 is 9.53 Å². The predicted octanol–water partition coefficient (Wildman–Crippen LogP) is 4.08. The van der Waals surface area contributed by atoms with Crippen molar-refractivity contribution in [2.75, 3.05) is 11.9 Å². The molecule has 5 nitrogen and oxygen atoms in total. The molecule has 2 N–H and O–H groups in total. The average molecular weight is 390 g/mol. The lowest BCUT2D eigenvalue weighted by atomic mass is 10.1. The van der Waals surface area contributed by atoms with Crippen LogP contribution in [0, 0.1) is 0 Å². The maximum Gasteiger partial charge on any atom is 0.341 e. The number of aryl methyl sites for hydroxylation is 1. The Balaban J connectivity index is 1.75. The molecular formula is C19H23N3O2S2. The molecule has 26 heavy (non-hydrogen) atoms. The van der Waals surface area contributed by atoms with Crippen LogP contribution in [-0.4, -0.2) is 22.7 Å². The second kappa shape index (κ2) is 9.09. The quantitative estimate of drug-likeness (QED) is 0.456. The molecule has 3 rings (SSSR count). The number of hydrogen-bond donors (Lipinski definition) is 2. The lowest BCUT2D eigenvalue weighted by Gasteiger charge is -2.11. The van der Waals surface area contributed by atoms with Crippen LogP contribution in [0.3, 0.4) is 0 Å². The summed E-state index contributed by atoms with van der Waals surface area (Å²) in [4.78, 5) is 17.8. The molecule has 138 valence electrons. The summed E-state index contributed by atoms with van der Waals surface area (Å²) in [5.74, 6) is -0.258. The fraction of sp³-hybridized carbons (Fsp3) is 0.421. The van der Waals surface area contributed by atoms with Crippen molar-refractivity contribution >= 4 is 39.6 Å². The number of thiocarbonyl (C=S) groups is 1. The van der Waals surface area contributed by atoms with Crippen LogP contribution < -0.4 is 10.6 Å². The normalized spacial score (nSPS) is 13.4. The molecule has 0 aromatic carbocycles. The monoisotopic (exact) mass is 389 g/mol. The Morgan fingerprint density at radius 3 is 2.81 bits per heavy atom. The summed E-state index contributed by atoms with van der Waals surface area (Å²) in [5.41, 5.74) is 2.91. The number of pyridine rings is 1. The first kappa shape index (κ1) is 18.8. The third-order valence-electron chi connectivity index (χ3n) is 4.33. The number of nitrogens with zero attached hydrogens (tertiary/aromatic N) is 1. The van der Waals surface area contributed by atoms with Crippen molar-refractivity contribution in [2.45, 2.75) is 45.6 Å². The van der Waals surface area contributed by atoms with Gasteiger partial charge in [-0.25, -0.2) is 4.79 Å². The molecule has 0 atom stereocenters. The van der Waals surface area contributed by atoms with Crippen LogP contribution in [0.1, 0.15) is 52.5 Å². The highest BCUT2D eigenvalue weighted by Gasteiger charge is 2.26. The van der Waals surface area contributed by atoms with Crippen molar-refractivity contribution in [3.8, 4) is 0 Å². The second-order valence-corrected chi connectivity index (χ2v) is 7.67. The Bertz CT molecular complexity index is 775. The Morgan fingerprint density at radius 1 is 1.27 bits per heavy atom. The molecule has 0 fully saturated rings. The van der Waals surface area contributed by atoms with E-state index in [-0.39, 0.29) is 5.97 Å². The minimum absolute atomic E-state index is 0.258. The summed E-state index contributed by atoms with van der Waals surface area (Å²) in [5, 5.41) is 7.70. The van der Waals surface area contributed by atoms with Crippen molar-refractivity contribution in [3.05, 3.63) is 46.1 Å². The van der Waals surface area contributed by atoms with Crippen molar-refractivity contribution in [1.29, 1.82) is 0 Å². The molecule has 0 saturated heterocycles. The number of carbonyl (C=O) groups is 1. The SMILES string of the molecule is CCOC(=O)c1c(NC(=S)NCc2ccncc2)sc2c1CCCCC2. The fourth-order valence-electron chi connectivity index (χ4n) is 3.08. The van der Waals surface area contributed by atoms with E-state index in [2.05, 4.69) is 15.6 Å². The van der Waals surface area contributed by atoms with Crippen LogP contribution >= 0.6 is 23.6 Å². The highest BCUT2D eigenvalue weighted by Crippen LogP contribution is 2.38. The summed E-state index contributed by atoms with van der Waals surface area (Å²) >= 11 is 7.06. The summed E-state index contributed by atoms with van der Waals surface area (Å²) in [7, 11) is 0. The number of anilines is 1. The minimum atomic E-state index is -0.258. The standard InChI is InChI=1S/C19H23N3O2S2/c1-2-24-18(23)16-14-6-4-3-5-7-15(14)26-17(16)22-19(25)21-12-13-8-10-20-11-9-13/h8-11H,2-7,12H2,1H3,(H2,21,22,25). The van der Waals surface area contributed by atoms with Crippen molar-refractivity contribution in [3.63, 3.8) is 0 Å². The highest BCUT2D eigenvalue weighted by molar-refractivity contribution is 7.80. The van der Waals surface area contributed by atoms with Gasteiger partial charge in [0.05, 0.1) is 12.2 Å². The number of thiophene rings is 1. The van der Waals surface area contributed by atoms with Gasteiger partial charge in [-0.15, -0.1) is 11.3 Å². The maximum absolute atomic E-state index is 12.5. The van der Waals surface area contributed by atoms with Gasteiger partial charge in [-0.05, 0) is 68.1 Å². The zero-order valence-corrected chi connectivity index (χ0v) is 16.5. The van der Waals surface area contributed by atoms with E-state index in [1.807, 2.05) is 19.1 Å². The highest BCUT2D eigenvalue weighted by atomic mass is 32.1. The summed E-state index contributed by atoms with van der Waals surface area (Å²) < 4.78 is 5.30. The van der Waals surface area contributed by atoms with E-state index in [1.54, 1.807) is 23.7 Å². The molecule has 0 spiro atoms. The summed E-state index contributed by atoms with van der Waals surface area (Å²) in [6.45, 7) is 2.80. The van der Waals surface area contributed by atoms with Gasteiger partial charge in [0.1, 0.15) is 5.00 Å². The third kappa shape index (κ3) is 4.59. The first-order chi connectivity index (χ1) is 12.7. The van der Waals surface area contributed by atoms with Gasteiger partial charge in [0.15, 0.2) is 5.11 Å². The first-order valence-corrected chi connectivity index (χ1v) is 10.2. The minimum Gasteiger partial charge on any atom is -0.462 e. The summed E-state index contributed by atoms with van der Waals surface area (Å²) in [6.07, 6.45) is 8.94. The van der Waals surface area contributed by atoms with E-state index in [1.165, 1.54) is 17.7 Å². The number of nitrogens with one attached hydrogen (secondary N) is 2. The van der Waals surface area contributed by atoms with Crippen LogP contribution in [0.15, 0.2) is 24.5 Å². The molecule has 0 unspecified atom stereocenters. The molecule has 0 aliphatic heterocycles. The lowest BCUT2D eigenvalue weighted by Crippen LogP contribution is -2.28. The zero-order chi connectivity index (χ0) is 18.4. The topological polar surface area (TPSA) is 63.2 Å². The van der Waals surface area contributed by atoms with Gasteiger partial charge < -0.3 is 15.4 Å². The molecule has 0 amide bonds. The van der Waals surface area contributed by atoms with E-state index in [9.17, 15) is 4.79 Å². The smallest absolute Gasteiger partial charge is 0.341 e. The summed E-state index contributed by atoms with van der Waals surface area (Å²) in [6, 6.07) is 3.88. The molecule has 2 aromatic rings. The Labute approximate surface area is 163 Å². The van der Waals surface area contributed by atoms with E-state index in [0.717, 1.165) is 35.4 Å². The van der Waals surface area contributed by atoms with Crippen LogP contribution in [0.5, 0.6) is 0 Å². The van der Waals surface area contributed by atoms with Crippen molar-refractivity contribution in [1.82, 2.24) is 10.3 Å². The molecular weight excluding hydrogens is 366 g/mol. The molecule has 0 radical (unpaired) electrons. The predicted molar refractivity (Wildman–Crippen MR) is 109 cm³/mol. The Kier molecular flexibility index (Phi) is 6.57. The number of aromatic nitrogens is 1. The van der Waals surface area contributed by atoms with Gasteiger partial charge in [-0.2, -0.15) is 0 Å². The molecule has 1 aliphatic carbocycles. The van der Waals surface area contributed by atoms with E-state index >= 15 is 0 Å². The van der Waals surface area contributed by atoms with Crippen LogP contribution in [-0.2, 0) is 24.1 Å². The van der Waals surface area contributed by atoms with Gasteiger partial charge in [0.2, 0.25) is 0 Å². The van der Waals surface area contributed by atoms with Gasteiger partial charge in [-0.1, -0.05) is 6.42 Å². The van der Waals surface area contributed by atoms with Gasteiger partial charge in [-0.3, -0.25) is 4.98 Å². The fourth-order valence-corrected chi connectivity index (χ4v) is 4.60. The second-order valence-electron chi connectivity index (χ2n) is 6.15. The molecule has 7 heteroatoms. The van der Waals surface area contributed by atoms with Crippen molar-refractivity contribution in [2.24, 2.45) is 0 Å². The lowest BCUT2D eigenvalue weighted by molar-refractivity contribution is 0.0527. The van der Waals surface area contributed by atoms with Gasteiger partial charge in [0, 0.05) is 23.8 Å². The van der Waals surface area contributed by atoms with E-state index < -0.39 is 0 Å². The number of hydrogen-bond acceptors (Lipinski definition) is 5. The number of rotatable bonds is 5. The van der Waals surface area contributed by atoms with Gasteiger partial charge >= 0.3 is 5.97 Å². The molecule has 2 heterocycles. The molecule has 0 bridgehead atoms. The van der Waals surface area contributed by atoms with E-state index in [0.29, 0.717) is 23.8 Å². The van der Waals surface area contributed by atoms with Crippen LogP contribution in [0.4, 0.5) is 5.00 Å². The number of esters is 1. The number of carbonyl (C=O) groups excluding carboxylic acids is 1. The molecule has 2 aromatic heterocycles. The van der Waals surface area contributed by atoms with E-state index in [4.69, 9.17) is 17.0 Å². The molecule has 0 saturated carbocycles. The van der Waals surface area contributed by atoms with Crippen LogP contribution in [0.25, 0.3) is 0 Å². The first-order valence-electron chi connectivity index (χ1n) is 8.94.